The number of alkyl carbamates (subject to hydrolysis) is 1. The van der Waals surface area contributed by atoms with E-state index in [9.17, 15) is 9.59 Å². The lowest BCUT2D eigenvalue weighted by Crippen LogP contribution is -2.37. The van der Waals surface area contributed by atoms with E-state index in [1.54, 1.807) is 0 Å². The molecule has 2 amide bonds. The average Bonchev–Trinajstić information content (AvgIpc) is 2.46. The van der Waals surface area contributed by atoms with Gasteiger partial charge >= 0.3 is 12.2 Å². The van der Waals surface area contributed by atoms with Gasteiger partial charge in [-0.2, -0.15) is 0 Å². The van der Waals surface area contributed by atoms with Crippen LogP contribution in [0.5, 0.6) is 0 Å². The van der Waals surface area contributed by atoms with E-state index < -0.39 is 63.8 Å². The molecule has 0 aromatic carbocycles. The van der Waals surface area contributed by atoms with Crippen LogP contribution in [0, 0.1) is 5.41 Å². The molecule has 106 valence electrons. The fourth-order valence-corrected chi connectivity index (χ4v) is 1.05. The van der Waals surface area contributed by atoms with Crippen LogP contribution in [0.2, 0.25) is 0 Å². The van der Waals surface area contributed by atoms with Crippen LogP contribution < -0.4 is 11.1 Å². The lowest BCUT2D eigenvalue weighted by atomic mass is 9.87. The molecule has 18 heavy (non-hydrogen) atoms. The second-order valence-corrected chi connectivity index (χ2v) is 3.43. The Morgan fingerprint density at radius 1 is 1.56 bits per heavy atom. The maximum atomic E-state index is 12.1. The highest BCUT2D eigenvalue weighted by Gasteiger charge is 2.27. The van der Waals surface area contributed by atoms with Crippen LogP contribution in [-0.4, -0.2) is 31.4 Å². The smallest absolute Gasteiger partial charge is 0.407 e. The molecule has 0 spiro atoms. The van der Waals surface area contributed by atoms with Crippen molar-refractivity contribution in [2.24, 2.45) is 11.1 Å². The molecule has 0 aromatic heterocycles. The van der Waals surface area contributed by atoms with E-state index in [1.807, 2.05) is 0 Å². The molecular formula is C12H24N2O4. The molecule has 0 bridgehead atoms. The standard InChI is InChI=1S/C12H24N2O4/c1-5-6-12(4,7-17-10(13)15)8-18-11(16)14-9(2)3/h9H,5-8H2,1-4H3,(H2,13,15)(H,14,16)/i2D3,3D3,4D3,7D2,9D. The summed E-state index contributed by atoms with van der Waals surface area (Å²) in [4.78, 5) is 23.1. The normalized spacial score (nSPS) is 27.2. The highest BCUT2D eigenvalue weighted by molar-refractivity contribution is 5.67. The minimum atomic E-state index is -3.52. The Morgan fingerprint density at radius 2 is 2.28 bits per heavy atom. The molecule has 0 saturated carbocycles. The summed E-state index contributed by atoms with van der Waals surface area (Å²) in [6, 6.07) is -3.49. The summed E-state index contributed by atoms with van der Waals surface area (Å²) >= 11 is 0. The molecule has 0 fully saturated rings. The van der Waals surface area contributed by atoms with Crippen molar-refractivity contribution in [1.82, 2.24) is 5.32 Å². The highest BCUT2D eigenvalue weighted by atomic mass is 16.6. The fourth-order valence-electron chi connectivity index (χ4n) is 1.05. The molecule has 6 nitrogen and oxygen atoms in total. The van der Waals surface area contributed by atoms with Gasteiger partial charge in [0.2, 0.25) is 0 Å². The molecule has 6 heteroatoms. The van der Waals surface area contributed by atoms with Gasteiger partial charge in [-0.05, 0) is 20.1 Å². The van der Waals surface area contributed by atoms with Gasteiger partial charge in [-0.1, -0.05) is 20.2 Å². The Bertz CT molecular complexity index is 616. The Balaban J connectivity index is 5.97. The first-order chi connectivity index (χ1) is 13.1. The zero-order chi connectivity index (χ0) is 24.4. The van der Waals surface area contributed by atoms with E-state index in [2.05, 4.69) is 9.47 Å². The second kappa shape index (κ2) is 7.79. The summed E-state index contributed by atoms with van der Waals surface area (Å²) in [7, 11) is 0. The Morgan fingerprint density at radius 3 is 2.78 bits per heavy atom. The van der Waals surface area contributed by atoms with Gasteiger partial charge in [0.25, 0.3) is 0 Å². The predicted octanol–water partition coefficient (Wildman–Crippen LogP) is 2.02. The van der Waals surface area contributed by atoms with Crippen molar-refractivity contribution < 1.29 is 35.5 Å². The van der Waals surface area contributed by atoms with Crippen molar-refractivity contribution >= 4 is 12.2 Å². The first-order valence-electron chi connectivity index (χ1n) is 11.0. The van der Waals surface area contributed by atoms with E-state index in [0.29, 0.717) is 0 Å². The lowest BCUT2D eigenvalue weighted by Gasteiger charge is -2.27. The van der Waals surface area contributed by atoms with Gasteiger partial charge in [0.05, 0.1) is 4.11 Å². The van der Waals surface area contributed by atoms with Crippen LogP contribution in [0.25, 0.3) is 0 Å². The summed E-state index contributed by atoms with van der Waals surface area (Å²) in [5.74, 6) is 0. The van der Waals surface area contributed by atoms with E-state index >= 15 is 0 Å². The van der Waals surface area contributed by atoms with Gasteiger partial charge in [0, 0.05) is 23.8 Å². The van der Waals surface area contributed by atoms with Crippen molar-refractivity contribution in [1.29, 1.82) is 0 Å². The zero-order valence-electron chi connectivity index (χ0n) is 21.8. The number of nitrogens with two attached hydrogens (primary N) is 1. The van der Waals surface area contributed by atoms with E-state index in [-0.39, 0.29) is 6.42 Å². The first kappa shape index (κ1) is 5.27. The number of amides is 2. The largest absolute Gasteiger partial charge is 0.449 e. The topological polar surface area (TPSA) is 90.7 Å². The number of carbonyl (C=O) groups excluding carboxylic acids is 2. The van der Waals surface area contributed by atoms with Crippen molar-refractivity contribution in [3.05, 3.63) is 0 Å². The molecule has 0 saturated heterocycles. The molecule has 0 aliphatic rings. The highest BCUT2D eigenvalue weighted by Crippen LogP contribution is 2.24. The zero-order valence-corrected chi connectivity index (χ0v) is 9.83. The van der Waals surface area contributed by atoms with Crippen molar-refractivity contribution in [2.75, 3.05) is 13.2 Å². The molecule has 3 N–H and O–H groups in total. The fraction of sp³-hybridized carbons (Fsp3) is 0.833. The van der Waals surface area contributed by atoms with Crippen LogP contribution in [0.1, 0.15) is 56.8 Å². The van der Waals surface area contributed by atoms with E-state index in [0.717, 1.165) is 0 Å². The third-order valence-electron chi connectivity index (χ3n) is 1.70. The molecule has 0 rings (SSSR count). The minimum absolute atomic E-state index is 0.0257. The van der Waals surface area contributed by atoms with Crippen molar-refractivity contribution in [2.45, 2.75) is 46.3 Å². The summed E-state index contributed by atoms with van der Waals surface area (Å²) in [6.07, 6.45) is -3.90. The van der Waals surface area contributed by atoms with E-state index in [1.165, 1.54) is 12.2 Å². The number of nitrogens with one attached hydrogen (secondary N) is 1. The third-order valence-corrected chi connectivity index (χ3v) is 1.70. The van der Waals surface area contributed by atoms with Gasteiger partial charge in [-0.25, -0.2) is 9.59 Å². The molecule has 0 radical (unpaired) electrons. The van der Waals surface area contributed by atoms with Crippen molar-refractivity contribution in [3.63, 3.8) is 0 Å². The third kappa shape index (κ3) is 7.76. The number of carbonyl (C=O) groups is 2. The number of hydrogen-bond donors (Lipinski definition) is 2. The van der Waals surface area contributed by atoms with Crippen molar-refractivity contribution in [3.8, 4) is 0 Å². The number of rotatable bonds is 7. The second-order valence-electron chi connectivity index (χ2n) is 3.43. The molecule has 1 atom stereocenters. The molecule has 1 unspecified atom stereocenters. The Kier molecular flexibility index (Phi) is 2.28. The maximum absolute atomic E-state index is 12.1. The molecule has 0 heterocycles. The van der Waals surface area contributed by atoms with Gasteiger partial charge in [-0.3, -0.25) is 0 Å². The maximum Gasteiger partial charge on any atom is 0.407 e. The van der Waals surface area contributed by atoms with Gasteiger partial charge < -0.3 is 20.5 Å². The van der Waals surface area contributed by atoms with Crippen LogP contribution in [0.15, 0.2) is 0 Å². The summed E-state index contributed by atoms with van der Waals surface area (Å²) < 4.78 is 98.9. The SMILES string of the molecule is [2H]C([2H])([2H])C(CCC)(COC(=O)NC([2H])(C([2H])([2H])[2H])C([2H])([2H])[2H])C([2H])([2H])OC(N)=O. The van der Waals surface area contributed by atoms with Crippen LogP contribution in [0.3, 0.4) is 0 Å². The number of primary amides is 1. The van der Waals surface area contributed by atoms with Gasteiger partial charge in [0.1, 0.15) is 13.2 Å². The minimum Gasteiger partial charge on any atom is -0.449 e. The molecule has 0 aromatic rings. The van der Waals surface area contributed by atoms with Crippen LogP contribution >= 0.6 is 0 Å². The van der Waals surface area contributed by atoms with Gasteiger partial charge in [0.15, 0.2) is 0 Å². The average molecular weight is 272 g/mol. The predicted molar refractivity (Wildman–Crippen MR) is 68.2 cm³/mol. The molecule has 0 aliphatic carbocycles. The number of hydrogen-bond acceptors (Lipinski definition) is 4. The number of ether oxygens (including phenoxy) is 2. The molecular weight excluding hydrogens is 236 g/mol. The summed E-state index contributed by atoms with van der Waals surface area (Å²) in [5, 5.41) is 1.37. The van der Waals surface area contributed by atoms with Gasteiger partial charge in [-0.15, -0.1) is 0 Å². The Labute approximate surface area is 125 Å². The van der Waals surface area contributed by atoms with Crippen LogP contribution in [-0.2, 0) is 9.47 Å². The quantitative estimate of drug-likeness (QED) is 0.742. The molecule has 0 aliphatic heterocycles. The first-order valence-corrected chi connectivity index (χ1v) is 5.01. The summed E-state index contributed by atoms with van der Waals surface area (Å²) in [5.41, 5.74) is 2.16. The summed E-state index contributed by atoms with van der Waals surface area (Å²) in [6.45, 7) is -13.3. The van der Waals surface area contributed by atoms with E-state index in [4.69, 9.17) is 22.2 Å². The monoisotopic (exact) mass is 272 g/mol. The lowest BCUT2D eigenvalue weighted by molar-refractivity contribution is 0.0333. The Hall–Kier alpha value is -1.46. The van der Waals surface area contributed by atoms with Crippen LogP contribution in [0.4, 0.5) is 9.59 Å².